The van der Waals surface area contributed by atoms with Gasteiger partial charge in [0.1, 0.15) is 11.5 Å². The van der Waals surface area contributed by atoms with E-state index in [1.54, 1.807) is 31.2 Å². The zero-order valence-electron chi connectivity index (χ0n) is 9.47. The fourth-order valence-corrected chi connectivity index (χ4v) is 1.87. The molecule has 0 saturated carbocycles. The summed E-state index contributed by atoms with van der Waals surface area (Å²) in [4.78, 5) is 11.1. The first-order chi connectivity index (χ1) is 7.37. The Morgan fingerprint density at radius 3 is 2.25 bits per heavy atom. The second kappa shape index (κ2) is 4.49. The predicted octanol–water partition coefficient (Wildman–Crippen LogP) is 2.17. The Morgan fingerprint density at radius 1 is 1.38 bits per heavy atom. The van der Waals surface area contributed by atoms with Crippen molar-refractivity contribution in [1.29, 1.82) is 0 Å². The van der Waals surface area contributed by atoms with E-state index in [-0.39, 0.29) is 0 Å². The maximum Gasteiger partial charge on any atom is 0.313 e. The predicted molar refractivity (Wildman–Crippen MR) is 62.0 cm³/mol. The Morgan fingerprint density at radius 2 is 1.88 bits per heavy atom. The van der Waals surface area contributed by atoms with Gasteiger partial charge in [-0.1, -0.05) is 42.5 Å². The summed E-state index contributed by atoms with van der Waals surface area (Å²) in [6, 6.07) is 8.76. The van der Waals surface area contributed by atoms with Crippen LogP contribution in [0.4, 0.5) is 0 Å². The molecule has 0 amide bonds. The molecule has 0 fully saturated rings. The van der Waals surface area contributed by atoms with Gasteiger partial charge >= 0.3 is 5.97 Å². The molecular formula is C13H16O3. The number of carboxylic acid groups (broad SMARTS) is 1. The highest BCUT2D eigenvalue weighted by atomic mass is 16.4. The van der Waals surface area contributed by atoms with E-state index in [1.165, 1.54) is 6.92 Å². The third-order valence-electron chi connectivity index (χ3n) is 2.66. The van der Waals surface area contributed by atoms with E-state index in [0.717, 1.165) is 0 Å². The molecule has 0 aromatic heterocycles. The molecule has 86 valence electrons. The minimum Gasteiger partial charge on any atom is -0.481 e. The van der Waals surface area contributed by atoms with Gasteiger partial charge in [0, 0.05) is 0 Å². The molecule has 2 atom stereocenters. The van der Waals surface area contributed by atoms with Crippen LogP contribution in [-0.4, -0.2) is 16.2 Å². The molecule has 0 aliphatic rings. The van der Waals surface area contributed by atoms with Crippen LogP contribution in [0.3, 0.4) is 0 Å². The van der Waals surface area contributed by atoms with E-state index in [9.17, 15) is 9.90 Å². The molecule has 3 nitrogen and oxygen atoms in total. The van der Waals surface area contributed by atoms with E-state index < -0.39 is 17.5 Å². The number of rotatable bonds is 4. The van der Waals surface area contributed by atoms with Crippen molar-refractivity contribution in [2.75, 3.05) is 0 Å². The maximum atomic E-state index is 11.1. The standard InChI is InChI=1S/C13H16O3/c1-9(2)11(12(14)15)13(3,16)10-7-5-4-6-8-10/h4-8,11,16H,1H2,2-3H3,(H,14,15)/t11-,13+/m0/s1. The van der Waals surface area contributed by atoms with Gasteiger partial charge in [-0.15, -0.1) is 0 Å². The van der Waals surface area contributed by atoms with Crippen molar-refractivity contribution in [3.8, 4) is 0 Å². The summed E-state index contributed by atoms with van der Waals surface area (Å²) >= 11 is 0. The fraction of sp³-hybridized carbons (Fsp3) is 0.308. The van der Waals surface area contributed by atoms with Crippen molar-refractivity contribution in [3.63, 3.8) is 0 Å². The van der Waals surface area contributed by atoms with Gasteiger partial charge in [0.2, 0.25) is 0 Å². The van der Waals surface area contributed by atoms with Crippen LogP contribution in [0.25, 0.3) is 0 Å². The topological polar surface area (TPSA) is 57.5 Å². The molecule has 1 rings (SSSR count). The highest BCUT2D eigenvalue weighted by molar-refractivity contribution is 5.75. The van der Waals surface area contributed by atoms with Crippen molar-refractivity contribution in [1.82, 2.24) is 0 Å². The van der Waals surface area contributed by atoms with Crippen LogP contribution in [0.2, 0.25) is 0 Å². The first-order valence-corrected chi connectivity index (χ1v) is 5.03. The second-order valence-electron chi connectivity index (χ2n) is 4.13. The normalized spacial score (nSPS) is 16.2. The van der Waals surface area contributed by atoms with Crippen LogP contribution in [-0.2, 0) is 10.4 Å². The second-order valence-corrected chi connectivity index (χ2v) is 4.13. The fourth-order valence-electron chi connectivity index (χ4n) is 1.87. The van der Waals surface area contributed by atoms with Gasteiger partial charge < -0.3 is 10.2 Å². The molecule has 0 radical (unpaired) electrons. The third-order valence-corrected chi connectivity index (χ3v) is 2.66. The largest absolute Gasteiger partial charge is 0.481 e. The monoisotopic (exact) mass is 220 g/mol. The van der Waals surface area contributed by atoms with Crippen LogP contribution in [0.1, 0.15) is 19.4 Å². The van der Waals surface area contributed by atoms with Crippen LogP contribution in [0.5, 0.6) is 0 Å². The number of hydrogen-bond donors (Lipinski definition) is 2. The molecule has 0 aliphatic heterocycles. The van der Waals surface area contributed by atoms with Crippen LogP contribution >= 0.6 is 0 Å². The number of benzene rings is 1. The Labute approximate surface area is 95.0 Å². The quantitative estimate of drug-likeness (QED) is 0.764. The van der Waals surface area contributed by atoms with Gasteiger partial charge in [-0.05, 0) is 19.4 Å². The average molecular weight is 220 g/mol. The van der Waals surface area contributed by atoms with Gasteiger partial charge in [0.25, 0.3) is 0 Å². The summed E-state index contributed by atoms with van der Waals surface area (Å²) in [5.74, 6) is -2.07. The highest BCUT2D eigenvalue weighted by Crippen LogP contribution is 2.33. The van der Waals surface area contributed by atoms with Crippen LogP contribution in [0.15, 0.2) is 42.5 Å². The van der Waals surface area contributed by atoms with E-state index in [4.69, 9.17) is 5.11 Å². The van der Waals surface area contributed by atoms with Crippen LogP contribution < -0.4 is 0 Å². The number of carbonyl (C=O) groups is 1. The van der Waals surface area contributed by atoms with E-state index in [2.05, 4.69) is 6.58 Å². The highest BCUT2D eigenvalue weighted by Gasteiger charge is 2.39. The molecule has 0 unspecified atom stereocenters. The molecule has 2 N–H and O–H groups in total. The van der Waals surface area contributed by atoms with Crippen molar-refractivity contribution in [3.05, 3.63) is 48.0 Å². The molecule has 1 aromatic carbocycles. The lowest BCUT2D eigenvalue weighted by atomic mass is 9.79. The third kappa shape index (κ3) is 2.31. The number of aliphatic hydroxyl groups is 1. The summed E-state index contributed by atoms with van der Waals surface area (Å²) in [6.45, 7) is 6.73. The van der Waals surface area contributed by atoms with Crippen molar-refractivity contribution < 1.29 is 15.0 Å². The first kappa shape index (κ1) is 12.5. The lowest BCUT2D eigenvalue weighted by Crippen LogP contribution is -2.37. The SMILES string of the molecule is C=C(C)[C@@H](C(=O)O)[C@](C)(O)c1ccccc1. The minimum atomic E-state index is -1.45. The number of carboxylic acids is 1. The molecule has 16 heavy (non-hydrogen) atoms. The van der Waals surface area contributed by atoms with Crippen molar-refractivity contribution in [2.24, 2.45) is 5.92 Å². The zero-order chi connectivity index (χ0) is 12.3. The van der Waals surface area contributed by atoms with Gasteiger partial charge in [-0.3, -0.25) is 4.79 Å². The minimum absolute atomic E-state index is 0.432. The molecular weight excluding hydrogens is 204 g/mol. The van der Waals surface area contributed by atoms with Crippen LogP contribution in [0, 0.1) is 5.92 Å². The summed E-state index contributed by atoms with van der Waals surface area (Å²) < 4.78 is 0. The Bertz CT molecular complexity index is 379. The van der Waals surface area contributed by atoms with Crippen molar-refractivity contribution >= 4 is 5.97 Å². The molecule has 0 saturated heterocycles. The molecule has 0 aliphatic carbocycles. The number of aliphatic carboxylic acids is 1. The molecule has 0 spiro atoms. The summed E-state index contributed by atoms with van der Waals surface area (Å²) in [6.07, 6.45) is 0. The van der Waals surface area contributed by atoms with E-state index in [1.807, 2.05) is 6.07 Å². The van der Waals surface area contributed by atoms with Gasteiger partial charge in [0.05, 0.1) is 0 Å². The smallest absolute Gasteiger partial charge is 0.313 e. The van der Waals surface area contributed by atoms with Gasteiger partial charge in [-0.25, -0.2) is 0 Å². The van der Waals surface area contributed by atoms with E-state index in [0.29, 0.717) is 11.1 Å². The summed E-state index contributed by atoms with van der Waals surface area (Å²) in [7, 11) is 0. The maximum absolute atomic E-state index is 11.1. The zero-order valence-corrected chi connectivity index (χ0v) is 9.47. The molecule has 0 heterocycles. The lowest BCUT2D eigenvalue weighted by Gasteiger charge is -2.30. The number of hydrogen-bond acceptors (Lipinski definition) is 2. The Kier molecular flexibility index (Phi) is 3.50. The van der Waals surface area contributed by atoms with E-state index >= 15 is 0 Å². The molecule has 0 bridgehead atoms. The molecule has 1 aromatic rings. The van der Waals surface area contributed by atoms with Gasteiger partial charge in [-0.2, -0.15) is 0 Å². The summed E-state index contributed by atoms with van der Waals surface area (Å²) in [5.41, 5.74) is -0.439. The van der Waals surface area contributed by atoms with Gasteiger partial charge in [0.15, 0.2) is 0 Å². The average Bonchev–Trinajstić information content (AvgIpc) is 2.17. The first-order valence-electron chi connectivity index (χ1n) is 5.03. The summed E-state index contributed by atoms with van der Waals surface area (Å²) in [5, 5.41) is 19.5. The van der Waals surface area contributed by atoms with Crippen molar-refractivity contribution in [2.45, 2.75) is 19.4 Å². The Balaban J connectivity index is 3.18. The molecule has 3 heteroatoms. The Hall–Kier alpha value is -1.61. The lowest BCUT2D eigenvalue weighted by molar-refractivity contribution is -0.148.